The summed E-state index contributed by atoms with van der Waals surface area (Å²) in [5.41, 5.74) is 0.350. The van der Waals surface area contributed by atoms with Crippen molar-refractivity contribution in [1.29, 1.82) is 0 Å². The summed E-state index contributed by atoms with van der Waals surface area (Å²) in [5, 5.41) is 12.7. The number of amides is 1. The standard InChI is InChI=1S/C17H21Cl2N3O2S/c1-3-5-6-8-24-15-12(18)9-11(10-13(15)19)16(23)20-17-22-21-14(25-17)7-4-2/h9-10H,3-8H2,1-2H3,(H,20,22,23). The molecule has 5 nitrogen and oxygen atoms in total. The minimum atomic E-state index is -0.333. The van der Waals surface area contributed by atoms with Gasteiger partial charge in [-0.1, -0.05) is 61.2 Å². The quantitative estimate of drug-likeness (QED) is 0.553. The number of carbonyl (C=O) groups is 1. The molecule has 0 fully saturated rings. The second-order valence-corrected chi connectivity index (χ2v) is 7.41. The molecule has 0 aliphatic rings. The number of ether oxygens (including phenoxy) is 1. The SMILES string of the molecule is CCCCCOc1c(Cl)cc(C(=O)Nc2nnc(CCC)s2)cc1Cl. The molecule has 1 aromatic heterocycles. The Hall–Kier alpha value is -1.37. The molecule has 0 aliphatic carbocycles. The molecule has 2 aromatic rings. The zero-order valence-electron chi connectivity index (χ0n) is 14.3. The molecule has 1 amide bonds. The predicted molar refractivity (Wildman–Crippen MR) is 103 cm³/mol. The van der Waals surface area contributed by atoms with Gasteiger partial charge in [0.1, 0.15) is 5.01 Å². The summed E-state index contributed by atoms with van der Waals surface area (Å²) in [6.45, 7) is 4.73. The highest BCUT2D eigenvalue weighted by Gasteiger charge is 2.16. The van der Waals surface area contributed by atoms with Crippen molar-refractivity contribution in [2.75, 3.05) is 11.9 Å². The van der Waals surface area contributed by atoms with Gasteiger partial charge in [0.15, 0.2) is 5.75 Å². The molecule has 0 aliphatic heterocycles. The van der Waals surface area contributed by atoms with Gasteiger partial charge in [0.2, 0.25) is 5.13 Å². The molecule has 0 saturated carbocycles. The summed E-state index contributed by atoms with van der Waals surface area (Å²) < 4.78 is 5.64. The van der Waals surface area contributed by atoms with Crippen LogP contribution in [0.25, 0.3) is 0 Å². The minimum absolute atomic E-state index is 0.318. The first-order valence-corrected chi connectivity index (χ1v) is 9.88. The van der Waals surface area contributed by atoms with E-state index in [0.717, 1.165) is 37.1 Å². The maximum absolute atomic E-state index is 12.4. The molecule has 2 rings (SSSR count). The largest absolute Gasteiger partial charge is 0.490 e. The number of hydrogen-bond donors (Lipinski definition) is 1. The number of halogens is 2. The van der Waals surface area contributed by atoms with E-state index < -0.39 is 0 Å². The average molecular weight is 402 g/mol. The third-order valence-electron chi connectivity index (χ3n) is 3.41. The average Bonchev–Trinajstić information content (AvgIpc) is 3.00. The van der Waals surface area contributed by atoms with Crippen LogP contribution in [0.5, 0.6) is 5.75 Å². The van der Waals surface area contributed by atoms with Crippen molar-refractivity contribution in [3.63, 3.8) is 0 Å². The van der Waals surface area contributed by atoms with Gasteiger partial charge in [-0.05, 0) is 25.0 Å². The Bertz CT molecular complexity index is 699. The Morgan fingerprint density at radius 3 is 2.52 bits per heavy atom. The number of hydrogen-bond acceptors (Lipinski definition) is 5. The molecule has 0 atom stereocenters. The lowest BCUT2D eigenvalue weighted by atomic mass is 10.2. The van der Waals surface area contributed by atoms with E-state index in [1.54, 1.807) is 12.1 Å². The van der Waals surface area contributed by atoms with Crippen LogP contribution in [0.15, 0.2) is 12.1 Å². The lowest BCUT2D eigenvalue weighted by molar-refractivity contribution is 0.102. The first-order chi connectivity index (χ1) is 12.0. The Labute approximate surface area is 161 Å². The summed E-state index contributed by atoms with van der Waals surface area (Å²) >= 11 is 13.8. The number of aromatic nitrogens is 2. The van der Waals surface area contributed by atoms with Crippen LogP contribution >= 0.6 is 34.5 Å². The lowest BCUT2D eigenvalue weighted by Crippen LogP contribution is -2.12. The second kappa shape index (κ2) is 9.94. The van der Waals surface area contributed by atoms with Crippen molar-refractivity contribution >= 4 is 45.6 Å². The van der Waals surface area contributed by atoms with Gasteiger partial charge >= 0.3 is 0 Å². The van der Waals surface area contributed by atoms with Crippen molar-refractivity contribution < 1.29 is 9.53 Å². The van der Waals surface area contributed by atoms with Crippen molar-refractivity contribution in [3.05, 3.63) is 32.7 Å². The van der Waals surface area contributed by atoms with Crippen molar-refractivity contribution in [3.8, 4) is 5.75 Å². The maximum atomic E-state index is 12.4. The van der Waals surface area contributed by atoms with Crippen molar-refractivity contribution in [2.45, 2.75) is 46.0 Å². The molecule has 0 spiro atoms. The number of rotatable bonds is 9. The lowest BCUT2D eigenvalue weighted by Gasteiger charge is -2.11. The zero-order chi connectivity index (χ0) is 18.2. The van der Waals surface area contributed by atoms with Crippen LogP contribution in [0.1, 0.15) is 54.9 Å². The Morgan fingerprint density at radius 2 is 1.88 bits per heavy atom. The van der Waals surface area contributed by atoms with Crippen molar-refractivity contribution in [1.82, 2.24) is 10.2 Å². The summed E-state index contributed by atoms with van der Waals surface area (Å²) in [5.74, 6) is 0.0812. The number of nitrogens with one attached hydrogen (secondary N) is 1. The van der Waals surface area contributed by atoms with Crippen LogP contribution in [-0.2, 0) is 6.42 Å². The molecular formula is C17H21Cl2N3O2S. The number of benzene rings is 1. The van der Waals surface area contributed by atoms with Gasteiger partial charge in [-0.25, -0.2) is 0 Å². The van der Waals surface area contributed by atoms with E-state index in [1.807, 2.05) is 0 Å². The summed E-state index contributed by atoms with van der Waals surface area (Å²) in [4.78, 5) is 12.4. The number of unbranched alkanes of at least 4 members (excludes halogenated alkanes) is 2. The van der Waals surface area contributed by atoms with Gasteiger partial charge in [-0.15, -0.1) is 10.2 Å². The van der Waals surface area contributed by atoms with Crippen LogP contribution in [0, 0.1) is 0 Å². The monoisotopic (exact) mass is 401 g/mol. The van der Waals surface area contributed by atoms with Gasteiger partial charge in [0.25, 0.3) is 5.91 Å². The first kappa shape index (κ1) is 19.9. The van der Waals surface area contributed by atoms with Gasteiger partial charge in [0.05, 0.1) is 16.7 Å². The molecule has 0 saturated heterocycles. The smallest absolute Gasteiger partial charge is 0.257 e. The Kier molecular flexibility index (Phi) is 7.93. The highest BCUT2D eigenvalue weighted by Crippen LogP contribution is 2.34. The summed E-state index contributed by atoms with van der Waals surface area (Å²) in [6.07, 6.45) is 4.94. The molecule has 1 heterocycles. The van der Waals surface area contributed by atoms with Crippen LogP contribution in [-0.4, -0.2) is 22.7 Å². The van der Waals surface area contributed by atoms with E-state index in [9.17, 15) is 4.79 Å². The van der Waals surface area contributed by atoms with E-state index in [0.29, 0.717) is 33.1 Å². The molecular weight excluding hydrogens is 381 g/mol. The zero-order valence-corrected chi connectivity index (χ0v) is 16.6. The Morgan fingerprint density at radius 1 is 1.16 bits per heavy atom. The van der Waals surface area contributed by atoms with Gasteiger partial charge in [-0.2, -0.15) is 0 Å². The number of carbonyl (C=O) groups excluding carboxylic acids is 1. The normalized spacial score (nSPS) is 10.7. The third kappa shape index (κ3) is 5.83. The number of anilines is 1. The fourth-order valence-corrected chi connectivity index (χ4v) is 3.58. The fourth-order valence-electron chi connectivity index (χ4n) is 2.14. The van der Waals surface area contributed by atoms with Crippen LogP contribution < -0.4 is 10.1 Å². The minimum Gasteiger partial charge on any atom is -0.490 e. The predicted octanol–water partition coefficient (Wildman–Crippen LogP) is 5.62. The van der Waals surface area contributed by atoms with Crippen LogP contribution in [0.3, 0.4) is 0 Å². The number of nitrogens with zero attached hydrogens (tertiary/aromatic N) is 2. The van der Waals surface area contributed by atoms with E-state index in [2.05, 4.69) is 29.4 Å². The van der Waals surface area contributed by atoms with E-state index in [4.69, 9.17) is 27.9 Å². The summed E-state index contributed by atoms with van der Waals surface area (Å²) in [6, 6.07) is 3.10. The molecule has 1 N–H and O–H groups in total. The molecule has 0 unspecified atom stereocenters. The molecule has 136 valence electrons. The maximum Gasteiger partial charge on any atom is 0.257 e. The van der Waals surface area contributed by atoms with Gasteiger partial charge in [-0.3, -0.25) is 10.1 Å². The molecule has 0 bridgehead atoms. The topological polar surface area (TPSA) is 64.1 Å². The first-order valence-electron chi connectivity index (χ1n) is 8.30. The molecule has 25 heavy (non-hydrogen) atoms. The molecule has 0 radical (unpaired) electrons. The van der Waals surface area contributed by atoms with Crippen LogP contribution in [0.4, 0.5) is 5.13 Å². The van der Waals surface area contributed by atoms with E-state index >= 15 is 0 Å². The van der Waals surface area contributed by atoms with E-state index in [-0.39, 0.29) is 5.91 Å². The van der Waals surface area contributed by atoms with E-state index in [1.165, 1.54) is 11.3 Å². The second-order valence-electron chi connectivity index (χ2n) is 5.53. The molecule has 1 aromatic carbocycles. The highest BCUT2D eigenvalue weighted by atomic mass is 35.5. The van der Waals surface area contributed by atoms with Crippen molar-refractivity contribution in [2.24, 2.45) is 0 Å². The van der Waals surface area contributed by atoms with Crippen LogP contribution in [0.2, 0.25) is 10.0 Å². The van der Waals surface area contributed by atoms with Gasteiger partial charge in [0, 0.05) is 12.0 Å². The highest BCUT2D eigenvalue weighted by molar-refractivity contribution is 7.15. The number of aryl methyl sites for hydroxylation is 1. The Balaban J connectivity index is 2.04. The summed E-state index contributed by atoms with van der Waals surface area (Å²) in [7, 11) is 0. The third-order valence-corrected chi connectivity index (χ3v) is 4.87. The molecule has 8 heteroatoms. The fraction of sp³-hybridized carbons (Fsp3) is 0.471. The van der Waals surface area contributed by atoms with Gasteiger partial charge < -0.3 is 4.74 Å².